The van der Waals surface area contributed by atoms with Crippen molar-refractivity contribution in [1.82, 2.24) is 4.90 Å². The van der Waals surface area contributed by atoms with Gasteiger partial charge in [-0.15, -0.1) is 12.4 Å². The third-order valence-electron chi connectivity index (χ3n) is 4.22. The van der Waals surface area contributed by atoms with Crippen LogP contribution in [0.1, 0.15) is 24.8 Å². The fourth-order valence-electron chi connectivity index (χ4n) is 3.11. The summed E-state index contributed by atoms with van der Waals surface area (Å²) in [5, 5.41) is 2.65. The molecule has 0 aromatic heterocycles. The average Bonchev–Trinajstić information content (AvgIpc) is 2.48. The maximum absolute atomic E-state index is 5.90. The molecule has 2 N–H and O–H groups in total. The van der Waals surface area contributed by atoms with Crippen molar-refractivity contribution < 1.29 is 0 Å². The van der Waals surface area contributed by atoms with Crippen molar-refractivity contribution in [2.24, 2.45) is 5.73 Å². The predicted octanol–water partition coefficient (Wildman–Crippen LogP) is 3.57. The third kappa shape index (κ3) is 3.32. The predicted molar refractivity (Wildman–Crippen MR) is 88.3 cm³/mol. The number of piperidine rings is 1. The number of nitrogens with zero attached hydrogens (tertiary/aromatic N) is 1. The molecule has 0 spiro atoms. The molecule has 20 heavy (non-hydrogen) atoms. The topological polar surface area (TPSA) is 29.3 Å². The van der Waals surface area contributed by atoms with E-state index in [2.05, 4.69) is 47.4 Å². The van der Waals surface area contributed by atoms with Crippen LogP contribution in [0.3, 0.4) is 0 Å². The number of benzene rings is 2. The maximum Gasteiger partial charge on any atom is 0.0237 e. The van der Waals surface area contributed by atoms with E-state index < -0.39 is 0 Å². The highest BCUT2D eigenvalue weighted by Gasteiger charge is 2.20. The minimum atomic E-state index is 0. The third-order valence-corrected chi connectivity index (χ3v) is 4.22. The van der Waals surface area contributed by atoms with E-state index in [0.29, 0.717) is 6.04 Å². The van der Waals surface area contributed by atoms with Gasteiger partial charge in [0.05, 0.1) is 0 Å². The second-order valence-corrected chi connectivity index (χ2v) is 5.54. The summed E-state index contributed by atoms with van der Waals surface area (Å²) in [5.74, 6) is 0. The summed E-state index contributed by atoms with van der Waals surface area (Å²) in [4.78, 5) is 2.55. The molecule has 2 nitrogen and oxygen atoms in total. The number of likely N-dealkylation sites (tertiary alicyclic amines) is 1. The fraction of sp³-hybridized carbons (Fsp3) is 0.412. The lowest BCUT2D eigenvalue weighted by atomic mass is 10.0. The lowest BCUT2D eigenvalue weighted by Gasteiger charge is -2.35. The SMILES string of the molecule is Cl.NCC1CCCCN1Cc1ccc2ccccc2c1. The summed E-state index contributed by atoms with van der Waals surface area (Å²) in [6.07, 6.45) is 3.89. The van der Waals surface area contributed by atoms with Crippen LogP contribution in [0.25, 0.3) is 10.8 Å². The van der Waals surface area contributed by atoms with E-state index in [1.54, 1.807) is 0 Å². The molecule has 0 aliphatic carbocycles. The first-order valence-electron chi connectivity index (χ1n) is 7.28. The van der Waals surface area contributed by atoms with Crippen molar-refractivity contribution in [1.29, 1.82) is 0 Å². The molecule has 0 radical (unpaired) electrons. The number of rotatable bonds is 3. The number of hydrogen-bond donors (Lipinski definition) is 1. The Labute approximate surface area is 127 Å². The van der Waals surface area contributed by atoms with Gasteiger partial charge in [0.25, 0.3) is 0 Å². The molecule has 2 aromatic rings. The van der Waals surface area contributed by atoms with Crippen LogP contribution in [0.4, 0.5) is 0 Å². The Hall–Kier alpha value is -1.09. The van der Waals surface area contributed by atoms with Crippen LogP contribution in [0, 0.1) is 0 Å². The number of halogens is 1. The normalized spacial score (nSPS) is 19.8. The van der Waals surface area contributed by atoms with Crippen molar-refractivity contribution in [2.45, 2.75) is 31.8 Å². The first-order valence-corrected chi connectivity index (χ1v) is 7.28. The monoisotopic (exact) mass is 290 g/mol. The molecule has 1 unspecified atom stereocenters. The van der Waals surface area contributed by atoms with Crippen LogP contribution in [0.2, 0.25) is 0 Å². The van der Waals surface area contributed by atoms with Crippen molar-refractivity contribution in [3.8, 4) is 0 Å². The summed E-state index contributed by atoms with van der Waals surface area (Å²) >= 11 is 0. The van der Waals surface area contributed by atoms with Gasteiger partial charge in [0.15, 0.2) is 0 Å². The Morgan fingerprint density at radius 3 is 2.65 bits per heavy atom. The van der Waals surface area contributed by atoms with Crippen LogP contribution in [-0.2, 0) is 6.54 Å². The first-order chi connectivity index (χ1) is 9.36. The van der Waals surface area contributed by atoms with Crippen LogP contribution in [0.15, 0.2) is 42.5 Å². The second kappa shape index (κ2) is 7.07. The molecule has 0 amide bonds. The summed E-state index contributed by atoms with van der Waals surface area (Å²) in [6, 6.07) is 15.9. The van der Waals surface area contributed by atoms with Gasteiger partial charge in [0.2, 0.25) is 0 Å². The standard InChI is InChI=1S/C17H22N2.ClH/c18-12-17-7-3-4-10-19(17)13-14-8-9-15-5-1-2-6-16(15)11-14;/h1-2,5-6,8-9,11,17H,3-4,7,10,12-13,18H2;1H. The zero-order valence-electron chi connectivity index (χ0n) is 11.8. The highest BCUT2D eigenvalue weighted by atomic mass is 35.5. The molecular formula is C17H23ClN2. The smallest absolute Gasteiger partial charge is 0.0237 e. The van der Waals surface area contributed by atoms with Crippen molar-refractivity contribution in [2.75, 3.05) is 13.1 Å². The first kappa shape index (κ1) is 15.3. The molecule has 1 saturated heterocycles. The molecule has 0 saturated carbocycles. The van der Waals surface area contributed by atoms with Crippen molar-refractivity contribution >= 4 is 23.2 Å². The molecular weight excluding hydrogens is 268 g/mol. The second-order valence-electron chi connectivity index (χ2n) is 5.54. The van der Waals surface area contributed by atoms with Gasteiger partial charge in [-0.2, -0.15) is 0 Å². The van der Waals surface area contributed by atoms with Gasteiger partial charge in [-0.05, 0) is 41.8 Å². The van der Waals surface area contributed by atoms with E-state index in [9.17, 15) is 0 Å². The Bertz CT molecular complexity index is 555. The Kier molecular flexibility index (Phi) is 5.41. The highest BCUT2D eigenvalue weighted by molar-refractivity contribution is 5.85. The average molecular weight is 291 g/mol. The van der Waals surface area contributed by atoms with Gasteiger partial charge in [0.1, 0.15) is 0 Å². The van der Waals surface area contributed by atoms with Gasteiger partial charge in [-0.3, -0.25) is 4.90 Å². The van der Waals surface area contributed by atoms with Gasteiger partial charge in [-0.25, -0.2) is 0 Å². The van der Waals surface area contributed by atoms with Gasteiger partial charge < -0.3 is 5.73 Å². The highest BCUT2D eigenvalue weighted by Crippen LogP contribution is 2.21. The zero-order chi connectivity index (χ0) is 13.1. The van der Waals surface area contributed by atoms with Crippen LogP contribution in [-0.4, -0.2) is 24.0 Å². The Morgan fingerprint density at radius 2 is 1.85 bits per heavy atom. The molecule has 0 bridgehead atoms. The summed E-state index contributed by atoms with van der Waals surface area (Å²) in [7, 11) is 0. The molecule has 1 aliphatic heterocycles. The number of hydrogen-bond acceptors (Lipinski definition) is 2. The van der Waals surface area contributed by atoms with Crippen LogP contribution in [0.5, 0.6) is 0 Å². The lowest BCUT2D eigenvalue weighted by Crippen LogP contribution is -2.43. The molecule has 1 fully saturated rings. The molecule has 3 rings (SSSR count). The summed E-state index contributed by atoms with van der Waals surface area (Å²) in [5.41, 5.74) is 7.30. The zero-order valence-corrected chi connectivity index (χ0v) is 12.6. The van der Waals surface area contributed by atoms with Crippen molar-refractivity contribution in [3.05, 3.63) is 48.0 Å². The lowest BCUT2D eigenvalue weighted by molar-refractivity contribution is 0.145. The van der Waals surface area contributed by atoms with E-state index in [1.807, 2.05) is 0 Å². The Balaban J connectivity index is 0.00000147. The maximum atomic E-state index is 5.90. The molecule has 108 valence electrons. The molecule has 3 heteroatoms. The van der Waals surface area contributed by atoms with Gasteiger partial charge in [0, 0.05) is 19.1 Å². The molecule has 2 aromatic carbocycles. The minimum Gasteiger partial charge on any atom is -0.329 e. The Morgan fingerprint density at radius 1 is 1.05 bits per heavy atom. The van der Waals surface area contributed by atoms with E-state index in [1.165, 1.54) is 42.1 Å². The van der Waals surface area contributed by atoms with Gasteiger partial charge in [-0.1, -0.05) is 42.8 Å². The van der Waals surface area contributed by atoms with E-state index in [0.717, 1.165) is 13.1 Å². The number of nitrogens with two attached hydrogens (primary N) is 1. The molecule has 1 aliphatic rings. The summed E-state index contributed by atoms with van der Waals surface area (Å²) in [6.45, 7) is 3.01. The fourth-order valence-corrected chi connectivity index (χ4v) is 3.11. The van der Waals surface area contributed by atoms with E-state index >= 15 is 0 Å². The quantitative estimate of drug-likeness (QED) is 0.936. The van der Waals surface area contributed by atoms with Crippen LogP contribution >= 0.6 is 12.4 Å². The van der Waals surface area contributed by atoms with Crippen molar-refractivity contribution in [3.63, 3.8) is 0 Å². The van der Waals surface area contributed by atoms with Crippen LogP contribution < -0.4 is 5.73 Å². The largest absolute Gasteiger partial charge is 0.329 e. The number of fused-ring (bicyclic) bond motifs is 1. The summed E-state index contributed by atoms with van der Waals surface area (Å²) < 4.78 is 0. The van der Waals surface area contributed by atoms with E-state index in [4.69, 9.17) is 5.73 Å². The van der Waals surface area contributed by atoms with E-state index in [-0.39, 0.29) is 12.4 Å². The minimum absolute atomic E-state index is 0. The molecule has 1 heterocycles. The van der Waals surface area contributed by atoms with Gasteiger partial charge >= 0.3 is 0 Å². The molecule has 1 atom stereocenters.